The second-order valence-electron chi connectivity index (χ2n) is 4.40. The van der Waals surface area contributed by atoms with Crippen molar-refractivity contribution in [3.8, 4) is 0 Å². The van der Waals surface area contributed by atoms with Crippen LogP contribution in [0.2, 0.25) is 0 Å². The van der Waals surface area contributed by atoms with Gasteiger partial charge in [0.1, 0.15) is 5.60 Å². The van der Waals surface area contributed by atoms with Gasteiger partial charge in [-0.2, -0.15) is 0 Å². The van der Waals surface area contributed by atoms with Gasteiger partial charge in [0, 0.05) is 13.0 Å². The van der Waals surface area contributed by atoms with E-state index in [0.29, 0.717) is 11.7 Å². The molecule has 0 bridgehead atoms. The molecule has 0 heterocycles. The standard InChI is InChI=1S/C11H18O2/c1-13-11(7-2-3-8-11)10(12)9-5-4-6-9/h9H,2-8H2,1H3. The minimum atomic E-state index is -0.370. The average Bonchev–Trinajstić information content (AvgIpc) is 2.49. The molecule has 0 N–H and O–H groups in total. The number of Topliss-reactive ketones (excluding diaryl/α,β-unsaturated/α-hetero) is 1. The molecule has 13 heavy (non-hydrogen) atoms. The average molecular weight is 182 g/mol. The summed E-state index contributed by atoms with van der Waals surface area (Å²) in [5.74, 6) is 0.733. The first-order chi connectivity index (χ1) is 6.28. The first-order valence-corrected chi connectivity index (χ1v) is 5.38. The van der Waals surface area contributed by atoms with Gasteiger partial charge in [0.25, 0.3) is 0 Å². The quantitative estimate of drug-likeness (QED) is 0.669. The molecule has 2 heteroatoms. The van der Waals surface area contributed by atoms with Crippen molar-refractivity contribution >= 4 is 5.78 Å². The van der Waals surface area contributed by atoms with E-state index in [1.807, 2.05) is 0 Å². The fourth-order valence-electron chi connectivity index (χ4n) is 2.54. The van der Waals surface area contributed by atoms with E-state index in [-0.39, 0.29) is 5.60 Å². The van der Waals surface area contributed by atoms with Crippen LogP contribution in [0.15, 0.2) is 0 Å². The molecule has 0 saturated heterocycles. The van der Waals surface area contributed by atoms with Crippen molar-refractivity contribution in [1.82, 2.24) is 0 Å². The summed E-state index contributed by atoms with van der Waals surface area (Å²) in [5.41, 5.74) is -0.370. The van der Waals surface area contributed by atoms with E-state index in [2.05, 4.69) is 0 Å². The van der Waals surface area contributed by atoms with Gasteiger partial charge < -0.3 is 4.74 Å². The first kappa shape index (κ1) is 9.20. The van der Waals surface area contributed by atoms with Crippen LogP contribution in [0, 0.1) is 5.92 Å². The highest BCUT2D eigenvalue weighted by Crippen LogP contribution is 2.40. The normalized spacial score (nSPS) is 27.2. The van der Waals surface area contributed by atoms with Crippen molar-refractivity contribution in [2.24, 2.45) is 5.92 Å². The fraction of sp³-hybridized carbons (Fsp3) is 0.909. The van der Waals surface area contributed by atoms with Crippen LogP contribution in [0.4, 0.5) is 0 Å². The smallest absolute Gasteiger partial charge is 0.167 e. The maximum atomic E-state index is 12.1. The van der Waals surface area contributed by atoms with Crippen LogP contribution in [0.1, 0.15) is 44.9 Å². The Bertz CT molecular complexity index is 200. The van der Waals surface area contributed by atoms with Crippen LogP contribution in [-0.2, 0) is 9.53 Å². The lowest BCUT2D eigenvalue weighted by atomic mass is 9.75. The molecular weight excluding hydrogens is 164 g/mol. The van der Waals surface area contributed by atoms with Crippen molar-refractivity contribution in [3.63, 3.8) is 0 Å². The summed E-state index contributed by atoms with van der Waals surface area (Å²) in [5, 5.41) is 0. The van der Waals surface area contributed by atoms with Gasteiger partial charge >= 0.3 is 0 Å². The van der Waals surface area contributed by atoms with Crippen molar-refractivity contribution in [2.75, 3.05) is 7.11 Å². The molecule has 74 valence electrons. The van der Waals surface area contributed by atoms with E-state index < -0.39 is 0 Å². The molecule has 0 aromatic carbocycles. The highest BCUT2D eigenvalue weighted by Gasteiger charge is 2.45. The summed E-state index contributed by atoms with van der Waals surface area (Å²) in [6, 6.07) is 0. The van der Waals surface area contributed by atoms with Crippen molar-refractivity contribution < 1.29 is 9.53 Å². The van der Waals surface area contributed by atoms with E-state index in [9.17, 15) is 4.79 Å². The third-order valence-electron chi connectivity index (χ3n) is 3.73. The fourth-order valence-corrected chi connectivity index (χ4v) is 2.54. The minimum Gasteiger partial charge on any atom is -0.370 e. The Morgan fingerprint density at radius 3 is 2.23 bits per heavy atom. The topological polar surface area (TPSA) is 26.3 Å². The molecule has 0 unspecified atom stereocenters. The van der Waals surface area contributed by atoms with Crippen molar-refractivity contribution in [1.29, 1.82) is 0 Å². The summed E-state index contributed by atoms with van der Waals surface area (Å²) in [7, 11) is 1.70. The lowest BCUT2D eigenvalue weighted by Gasteiger charge is -2.34. The zero-order chi connectivity index (χ0) is 9.31. The number of rotatable bonds is 3. The molecule has 2 aliphatic carbocycles. The van der Waals surface area contributed by atoms with Crippen LogP contribution in [-0.4, -0.2) is 18.5 Å². The number of methoxy groups -OCH3 is 1. The van der Waals surface area contributed by atoms with Crippen LogP contribution in [0.5, 0.6) is 0 Å². The van der Waals surface area contributed by atoms with Crippen molar-refractivity contribution in [3.05, 3.63) is 0 Å². The third-order valence-corrected chi connectivity index (χ3v) is 3.73. The molecule has 0 aliphatic heterocycles. The van der Waals surface area contributed by atoms with Gasteiger partial charge in [0.2, 0.25) is 0 Å². The number of ether oxygens (including phenoxy) is 1. The lowest BCUT2D eigenvalue weighted by molar-refractivity contribution is -0.147. The molecule has 0 amide bonds. The number of carbonyl (C=O) groups is 1. The van der Waals surface area contributed by atoms with Gasteiger partial charge in [0.15, 0.2) is 5.78 Å². The number of ketones is 1. The molecule has 2 nitrogen and oxygen atoms in total. The first-order valence-electron chi connectivity index (χ1n) is 5.38. The van der Waals surface area contributed by atoms with Gasteiger partial charge in [-0.1, -0.05) is 6.42 Å². The van der Waals surface area contributed by atoms with Gasteiger partial charge in [-0.05, 0) is 38.5 Å². The molecule has 2 fully saturated rings. The highest BCUT2D eigenvalue weighted by atomic mass is 16.5. The maximum absolute atomic E-state index is 12.1. The minimum absolute atomic E-state index is 0.332. The molecule has 2 aliphatic rings. The zero-order valence-electron chi connectivity index (χ0n) is 8.34. The van der Waals surface area contributed by atoms with Gasteiger partial charge in [0.05, 0.1) is 0 Å². The summed E-state index contributed by atoms with van der Waals surface area (Å²) in [6.07, 6.45) is 7.67. The Labute approximate surface area is 79.7 Å². The molecule has 0 aromatic rings. The summed E-state index contributed by atoms with van der Waals surface area (Å²) >= 11 is 0. The molecule has 0 spiro atoms. The largest absolute Gasteiger partial charge is 0.370 e. The summed E-state index contributed by atoms with van der Waals surface area (Å²) in [4.78, 5) is 12.1. The number of hydrogen-bond acceptors (Lipinski definition) is 2. The van der Waals surface area contributed by atoms with E-state index in [1.54, 1.807) is 7.11 Å². The molecule has 0 radical (unpaired) electrons. The van der Waals surface area contributed by atoms with Gasteiger partial charge in [-0.25, -0.2) is 0 Å². The Balaban J connectivity index is 2.05. The molecule has 2 rings (SSSR count). The molecule has 0 aromatic heterocycles. The monoisotopic (exact) mass is 182 g/mol. The van der Waals surface area contributed by atoms with Crippen molar-refractivity contribution in [2.45, 2.75) is 50.5 Å². The van der Waals surface area contributed by atoms with Gasteiger partial charge in [-0.15, -0.1) is 0 Å². The Morgan fingerprint density at radius 1 is 1.23 bits per heavy atom. The molecule has 0 atom stereocenters. The molecule has 2 saturated carbocycles. The van der Waals surface area contributed by atoms with Crippen LogP contribution < -0.4 is 0 Å². The Hall–Kier alpha value is -0.370. The summed E-state index contributed by atoms with van der Waals surface area (Å²) in [6.45, 7) is 0. The Morgan fingerprint density at radius 2 is 1.85 bits per heavy atom. The van der Waals surface area contributed by atoms with Gasteiger partial charge in [-0.3, -0.25) is 4.79 Å². The van der Waals surface area contributed by atoms with Crippen LogP contribution in [0.25, 0.3) is 0 Å². The number of hydrogen-bond donors (Lipinski definition) is 0. The second-order valence-corrected chi connectivity index (χ2v) is 4.40. The second kappa shape index (κ2) is 3.41. The Kier molecular flexibility index (Phi) is 2.41. The predicted molar refractivity (Wildman–Crippen MR) is 50.6 cm³/mol. The van der Waals surface area contributed by atoms with E-state index in [0.717, 1.165) is 38.5 Å². The lowest BCUT2D eigenvalue weighted by Crippen LogP contribution is -2.44. The summed E-state index contributed by atoms with van der Waals surface area (Å²) < 4.78 is 5.47. The van der Waals surface area contributed by atoms with E-state index in [4.69, 9.17) is 4.74 Å². The van der Waals surface area contributed by atoms with E-state index in [1.165, 1.54) is 6.42 Å². The van der Waals surface area contributed by atoms with Crippen LogP contribution >= 0.6 is 0 Å². The number of carbonyl (C=O) groups excluding carboxylic acids is 1. The highest BCUT2D eigenvalue weighted by molar-refractivity contribution is 5.90. The molecular formula is C11H18O2. The zero-order valence-corrected chi connectivity index (χ0v) is 8.34. The van der Waals surface area contributed by atoms with E-state index >= 15 is 0 Å². The SMILES string of the molecule is COC1(C(=O)C2CCC2)CCCC1. The predicted octanol–water partition coefficient (Wildman–Crippen LogP) is 2.31. The van der Waals surface area contributed by atoms with Crippen LogP contribution in [0.3, 0.4) is 0 Å². The third kappa shape index (κ3) is 1.41. The maximum Gasteiger partial charge on any atom is 0.167 e.